The minimum absolute atomic E-state index is 0.261. The minimum atomic E-state index is 0.261. The van der Waals surface area contributed by atoms with Crippen molar-refractivity contribution in [3.63, 3.8) is 0 Å². The van der Waals surface area contributed by atoms with Crippen molar-refractivity contribution in [3.8, 4) is 0 Å². The third-order valence-electron chi connectivity index (χ3n) is 2.75. The van der Waals surface area contributed by atoms with Gasteiger partial charge in [0.25, 0.3) is 0 Å². The van der Waals surface area contributed by atoms with Gasteiger partial charge >= 0.3 is 0 Å². The maximum Gasteiger partial charge on any atom is 0.0128 e. The van der Waals surface area contributed by atoms with Gasteiger partial charge in [-0.3, -0.25) is 4.90 Å². The van der Waals surface area contributed by atoms with Gasteiger partial charge in [-0.05, 0) is 48.7 Å². The van der Waals surface area contributed by atoms with Gasteiger partial charge in [-0.15, -0.1) is 0 Å². The van der Waals surface area contributed by atoms with E-state index in [4.69, 9.17) is 0 Å². The summed E-state index contributed by atoms with van der Waals surface area (Å²) < 4.78 is 0. The van der Waals surface area contributed by atoms with Crippen LogP contribution in [0.15, 0.2) is 0 Å². The summed E-state index contributed by atoms with van der Waals surface area (Å²) in [5.41, 5.74) is 0.261. The maximum atomic E-state index is 3.49. The molecule has 0 saturated carbocycles. The highest BCUT2D eigenvalue weighted by molar-refractivity contribution is 4.79. The molecule has 0 aliphatic carbocycles. The van der Waals surface area contributed by atoms with Crippen molar-refractivity contribution < 1.29 is 0 Å². The van der Waals surface area contributed by atoms with Crippen LogP contribution >= 0.6 is 0 Å². The van der Waals surface area contributed by atoms with E-state index in [0.29, 0.717) is 6.04 Å². The Bertz CT molecular complexity index is 171. The number of nitrogens with one attached hydrogen (secondary N) is 1. The fraction of sp³-hybridized carbons (Fsp3) is 1.00. The zero-order chi connectivity index (χ0) is 12.8. The lowest BCUT2D eigenvalue weighted by Crippen LogP contribution is -2.48. The molecule has 0 bridgehead atoms. The molecule has 0 aromatic rings. The van der Waals surface area contributed by atoms with Crippen molar-refractivity contribution in [2.45, 2.75) is 46.2 Å². The Balaban J connectivity index is 3.79. The average Bonchev–Trinajstić information content (AvgIpc) is 2.07. The first-order chi connectivity index (χ1) is 7.25. The van der Waals surface area contributed by atoms with Crippen LogP contribution in [0.2, 0.25) is 0 Å². The molecule has 0 atom stereocenters. The van der Waals surface area contributed by atoms with Gasteiger partial charge in [0.1, 0.15) is 0 Å². The molecule has 0 aliphatic rings. The van der Waals surface area contributed by atoms with Crippen LogP contribution in [0.5, 0.6) is 0 Å². The summed E-state index contributed by atoms with van der Waals surface area (Å²) in [7, 11) is 4.22. The van der Waals surface area contributed by atoms with Crippen molar-refractivity contribution in [1.29, 1.82) is 0 Å². The van der Waals surface area contributed by atoms with Crippen LogP contribution in [0.1, 0.15) is 34.6 Å². The van der Waals surface area contributed by atoms with Gasteiger partial charge in [0, 0.05) is 37.8 Å². The molecule has 0 aliphatic heterocycles. The molecule has 0 radical (unpaired) electrons. The van der Waals surface area contributed by atoms with E-state index in [2.05, 4.69) is 63.8 Å². The summed E-state index contributed by atoms with van der Waals surface area (Å²) in [5.74, 6) is 0. The van der Waals surface area contributed by atoms with E-state index in [1.165, 1.54) is 0 Å². The van der Waals surface area contributed by atoms with Crippen molar-refractivity contribution in [3.05, 3.63) is 0 Å². The SMILES string of the molecule is CC(C)N(CCNCCN(C)C)C(C)(C)C. The van der Waals surface area contributed by atoms with E-state index < -0.39 is 0 Å². The Kier molecular flexibility index (Phi) is 7.20. The first-order valence-corrected chi connectivity index (χ1v) is 6.37. The Morgan fingerprint density at radius 1 is 1.00 bits per heavy atom. The first-order valence-electron chi connectivity index (χ1n) is 6.37. The molecule has 0 saturated heterocycles. The van der Waals surface area contributed by atoms with E-state index in [-0.39, 0.29) is 5.54 Å². The Morgan fingerprint density at radius 3 is 1.88 bits per heavy atom. The minimum Gasteiger partial charge on any atom is -0.314 e. The predicted octanol–water partition coefficient (Wildman–Crippen LogP) is 1.65. The summed E-state index contributed by atoms with van der Waals surface area (Å²) in [4.78, 5) is 4.74. The molecule has 3 nitrogen and oxygen atoms in total. The Hall–Kier alpha value is -0.120. The topological polar surface area (TPSA) is 18.5 Å². The van der Waals surface area contributed by atoms with Crippen LogP contribution in [-0.2, 0) is 0 Å². The van der Waals surface area contributed by atoms with Gasteiger partial charge in [0.15, 0.2) is 0 Å². The smallest absolute Gasteiger partial charge is 0.0128 e. The first kappa shape index (κ1) is 15.9. The summed E-state index contributed by atoms with van der Waals surface area (Å²) in [6.45, 7) is 15.8. The molecular formula is C13H31N3. The third kappa shape index (κ3) is 7.20. The summed E-state index contributed by atoms with van der Waals surface area (Å²) >= 11 is 0. The largest absolute Gasteiger partial charge is 0.314 e. The van der Waals surface area contributed by atoms with Gasteiger partial charge in [-0.1, -0.05) is 0 Å². The lowest BCUT2D eigenvalue weighted by atomic mass is 10.0. The molecule has 0 heterocycles. The molecular weight excluding hydrogens is 198 g/mol. The van der Waals surface area contributed by atoms with E-state index in [9.17, 15) is 0 Å². The molecule has 0 aromatic carbocycles. The van der Waals surface area contributed by atoms with E-state index >= 15 is 0 Å². The zero-order valence-corrected chi connectivity index (χ0v) is 12.3. The lowest BCUT2D eigenvalue weighted by Gasteiger charge is -2.39. The van der Waals surface area contributed by atoms with Crippen LogP contribution in [0.25, 0.3) is 0 Å². The summed E-state index contributed by atoms with van der Waals surface area (Å²) in [5, 5.41) is 3.49. The third-order valence-corrected chi connectivity index (χ3v) is 2.75. The van der Waals surface area contributed by atoms with Crippen molar-refractivity contribution in [1.82, 2.24) is 15.1 Å². The van der Waals surface area contributed by atoms with E-state index in [1.54, 1.807) is 0 Å². The standard InChI is InChI=1S/C13H31N3/c1-12(2)16(13(3,4)5)11-9-14-8-10-15(6)7/h12,14H,8-11H2,1-7H3. The zero-order valence-electron chi connectivity index (χ0n) is 12.3. The van der Waals surface area contributed by atoms with Gasteiger partial charge in [0.2, 0.25) is 0 Å². The van der Waals surface area contributed by atoms with Crippen molar-refractivity contribution >= 4 is 0 Å². The summed E-state index contributed by atoms with van der Waals surface area (Å²) in [6, 6.07) is 0.607. The molecule has 0 unspecified atom stereocenters. The van der Waals surface area contributed by atoms with Crippen LogP contribution in [0.3, 0.4) is 0 Å². The monoisotopic (exact) mass is 229 g/mol. The molecule has 0 spiro atoms. The molecule has 0 aromatic heterocycles. The molecule has 98 valence electrons. The van der Waals surface area contributed by atoms with Crippen molar-refractivity contribution in [2.75, 3.05) is 40.3 Å². The fourth-order valence-corrected chi connectivity index (χ4v) is 2.00. The molecule has 0 rings (SSSR count). The number of rotatable bonds is 7. The number of hydrogen-bond acceptors (Lipinski definition) is 3. The normalized spacial score (nSPS) is 13.1. The predicted molar refractivity (Wildman–Crippen MR) is 73.0 cm³/mol. The van der Waals surface area contributed by atoms with Crippen molar-refractivity contribution in [2.24, 2.45) is 0 Å². The van der Waals surface area contributed by atoms with Crippen LogP contribution in [0, 0.1) is 0 Å². The molecule has 0 amide bonds. The Morgan fingerprint density at radius 2 is 1.50 bits per heavy atom. The van der Waals surface area contributed by atoms with Gasteiger partial charge in [-0.2, -0.15) is 0 Å². The van der Waals surface area contributed by atoms with Gasteiger partial charge in [-0.25, -0.2) is 0 Å². The number of likely N-dealkylation sites (N-methyl/N-ethyl adjacent to an activating group) is 1. The second-order valence-corrected chi connectivity index (χ2v) is 6.01. The average molecular weight is 229 g/mol. The highest BCUT2D eigenvalue weighted by atomic mass is 15.2. The van der Waals surface area contributed by atoms with Gasteiger partial charge < -0.3 is 10.2 Å². The second-order valence-electron chi connectivity index (χ2n) is 6.01. The maximum absolute atomic E-state index is 3.49. The number of hydrogen-bond donors (Lipinski definition) is 1. The highest BCUT2D eigenvalue weighted by Gasteiger charge is 2.22. The van der Waals surface area contributed by atoms with Gasteiger partial charge in [0.05, 0.1) is 0 Å². The molecule has 3 heteroatoms. The van der Waals surface area contributed by atoms with Crippen LogP contribution in [0.4, 0.5) is 0 Å². The molecule has 16 heavy (non-hydrogen) atoms. The van der Waals surface area contributed by atoms with E-state index in [1.807, 2.05) is 0 Å². The van der Waals surface area contributed by atoms with Crippen LogP contribution < -0.4 is 5.32 Å². The molecule has 0 fully saturated rings. The lowest BCUT2D eigenvalue weighted by molar-refractivity contribution is 0.100. The molecule has 1 N–H and O–H groups in total. The fourth-order valence-electron chi connectivity index (χ4n) is 2.00. The number of nitrogens with zero attached hydrogens (tertiary/aromatic N) is 2. The summed E-state index contributed by atoms with van der Waals surface area (Å²) in [6.07, 6.45) is 0. The Labute approximate surface area is 102 Å². The highest BCUT2D eigenvalue weighted by Crippen LogP contribution is 2.15. The van der Waals surface area contributed by atoms with E-state index in [0.717, 1.165) is 26.2 Å². The van der Waals surface area contributed by atoms with Crippen LogP contribution in [-0.4, -0.2) is 61.7 Å². The quantitative estimate of drug-likeness (QED) is 0.670. The second kappa shape index (κ2) is 7.25.